The summed E-state index contributed by atoms with van der Waals surface area (Å²) in [5, 5.41) is 24.5. The van der Waals surface area contributed by atoms with Crippen LogP contribution in [0, 0.1) is 0 Å². The third kappa shape index (κ3) is 10.3. The number of carboxylic acids is 1. The normalized spacial score (nSPS) is 15.2. The highest BCUT2D eigenvalue weighted by molar-refractivity contribution is 5.98. The Kier molecular flexibility index (Phi) is 11.3. The molecule has 0 aliphatic rings. The third-order valence-electron chi connectivity index (χ3n) is 3.88. The van der Waals surface area contributed by atoms with Crippen molar-refractivity contribution in [3.05, 3.63) is 0 Å². The molecule has 0 rings (SSSR count). The molecule has 5 unspecified atom stereocenters. The molecule has 0 heterocycles. The first-order valence-corrected chi connectivity index (χ1v) is 9.08. The zero-order valence-corrected chi connectivity index (χ0v) is 17.1. The molecule has 0 fully saturated rings. The Hall–Kier alpha value is -3.79. The molecule has 0 saturated heterocycles. The number of aliphatic hydroxyl groups is 1. The van der Waals surface area contributed by atoms with Crippen LogP contribution in [0.4, 0.5) is 0 Å². The lowest BCUT2D eigenvalue weighted by Crippen LogP contribution is -2.59. The van der Waals surface area contributed by atoms with E-state index in [4.69, 9.17) is 28.0 Å². The van der Waals surface area contributed by atoms with Crippen molar-refractivity contribution in [1.29, 1.82) is 0 Å². The van der Waals surface area contributed by atoms with E-state index >= 15 is 0 Å². The molecule has 180 valence electrons. The number of nitrogens with one attached hydrogen (secondary N) is 3. The summed E-state index contributed by atoms with van der Waals surface area (Å²) in [6, 6.07) is -6.63. The number of aliphatic carboxylic acids is 1. The Balaban J connectivity index is 5.56. The van der Waals surface area contributed by atoms with Gasteiger partial charge in [-0.3, -0.25) is 28.8 Å². The molecule has 0 aromatic heterocycles. The quantitative estimate of drug-likeness (QED) is 0.118. The standard InChI is InChI=1S/C16H27N7O9/c1-5(24)12(16(31)32)23-15(30)8(4-11(20)27)22-14(29)7(3-10(19)26)21-13(28)6(17)2-9(18)25/h5-8,12,24H,2-4,17H2,1H3,(H2,18,25)(H2,19,26)(H2,20,27)(H,21,28)(H,22,29)(H,23,30)(H,31,32). The van der Waals surface area contributed by atoms with Crippen LogP contribution in [0.1, 0.15) is 26.2 Å². The van der Waals surface area contributed by atoms with Gasteiger partial charge in [-0.05, 0) is 6.92 Å². The van der Waals surface area contributed by atoms with E-state index in [0.29, 0.717) is 0 Å². The highest BCUT2D eigenvalue weighted by Gasteiger charge is 2.33. The minimum atomic E-state index is -1.78. The molecule has 0 aliphatic carbocycles. The molecular formula is C16H27N7O9. The molecule has 0 bridgehead atoms. The monoisotopic (exact) mass is 461 g/mol. The largest absolute Gasteiger partial charge is 0.480 e. The number of carbonyl (C=O) groups excluding carboxylic acids is 6. The van der Waals surface area contributed by atoms with Crippen molar-refractivity contribution < 1.29 is 43.8 Å². The van der Waals surface area contributed by atoms with Gasteiger partial charge in [0.15, 0.2) is 6.04 Å². The highest BCUT2D eigenvalue weighted by atomic mass is 16.4. The Morgan fingerprint density at radius 1 is 0.719 bits per heavy atom. The van der Waals surface area contributed by atoms with Crippen LogP contribution in [0.15, 0.2) is 0 Å². The van der Waals surface area contributed by atoms with Crippen LogP contribution in [0.5, 0.6) is 0 Å². The summed E-state index contributed by atoms with van der Waals surface area (Å²) >= 11 is 0. The minimum Gasteiger partial charge on any atom is -0.480 e. The predicted molar refractivity (Wildman–Crippen MR) is 105 cm³/mol. The molecule has 0 saturated carbocycles. The van der Waals surface area contributed by atoms with Gasteiger partial charge in [0.05, 0.1) is 31.4 Å². The number of rotatable bonds is 14. The lowest BCUT2D eigenvalue weighted by molar-refractivity contribution is -0.145. The van der Waals surface area contributed by atoms with Gasteiger partial charge in [-0.2, -0.15) is 0 Å². The average Bonchev–Trinajstić information content (AvgIpc) is 2.62. The van der Waals surface area contributed by atoms with Crippen molar-refractivity contribution in [3.8, 4) is 0 Å². The van der Waals surface area contributed by atoms with E-state index in [1.54, 1.807) is 0 Å². The topological polar surface area (TPSA) is 300 Å². The molecule has 0 aromatic rings. The summed E-state index contributed by atoms with van der Waals surface area (Å²) in [5.74, 6) is -8.01. The maximum absolute atomic E-state index is 12.5. The van der Waals surface area contributed by atoms with Crippen LogP contribution in [0.25, 0.3) is 0 Å². The van der Waals surface area contributed by atoms with Crippen LogP contribution < -0.4 is 38.9 Å². The number of nitrogens with two attached hydrogens (primary N) is 4. The van der Waals surface area contributed by atoms with Crippen LogP contribution in [0.3, 0.4) is 0 Å². The number of carboxylic acid groups (broad SMARTS) is 1. The van der Waals surface area contributed by atoms with Gasteiger partial charge in [0.1, 0.15) is 12.1 Å². The first-order valence-electron chi connectivity index (χ1n) is 9.08. The van der Waals surface area contributed by atoms with E-state index in [-0.39, 0.29) is 0 Å². The number of amides is 6. The Labute approximate surface area is 181 Å². The fourth-order valence-electron chi connectivity index (χ4n) is 2.32. The number of hydrogen-bond donors (Lipinski definition) is 9. The van der Waals surface area contributed by atoms with Gasteiger partial charge in [-0.1, -0.05) is 0 Å². The average molecular weight is 461 g/mol. The molecule has 6 amide bonds. The predicted octanol–water partition coefficient (Wildman–Crippen LogP) is -6.14. The van der Waals surface area contributed by atoms with E-state index in [2.05, 4.69) is 5.32 Å². The van der Waals surface area contributed by atoms with Crippen LogP contribution in [-0.4, -0.2) is 81.9 Å². The van der Waals surface area contributed by atoms with Crippen molar-refractivity contribution in [3.63, 3.8) is 0 Å². The van der Waals surface area contributed by atoms with Gasteiger partial charge in [-0.15, -0.1) is 0 Å². The fourth-order valence-corrected chi connectivity index (χ4v) is 2.32. The molecule has 13 N–H and O–H groups in total. The van der Waals surface area contributed by atoms with Gasteiger partial charge in [0, 0.05) is 0 Å². The second-order valence-electron chi connectivity index (χ2n) is 6.81. The lowest BCUT2D eigenvalue weighted by Gasteiger charge is -2.24. The Morgan fingerprint density at radius 2 is 1.09 bits per heavy atom. The van der Waals surface area contributed by atoms with Gasteiger partial charge in [0.2, 0.25) is 35.4 Å². The summed E-state index contributed by atoms with van der Waals surface area (Å²) in [5.41, 5.74) is 20.5. The number of carbonyl (C=O) groups is 7. The number of hydrogen-bond acceptors (Lipinski definition) is 9. The van der Waals surface area contributed by atoms with Crippen LogP contribution in [-0.2, 0) is 33.6 Å². The highest BCUT2D eigenvalue weighted by Crippen LogP contribution is 2.01. The van der Waals surface area contributed by atoms with Crippen LogP contribution in [0.2, 0.25) is 0 Å². The molecule has 32 heavy (non-hydrogen) atoms. The summed E-state index contributed by atoms with van der Waals surface area (Å²) in [7, 11) is 0. The maximum Gasteiger partial charge on any atom is 0.328 e. The summed E-state index contributed by atoms with van der Waals surface area (Å²) in [4.78, 5) is 81.5. The molecule has 5 atom stereocenters. The van der Waals surface area contributed by atoms with Crippen LogP contribution >= 0.6 is 0 Å². The van der Waals surface area contributed by atoms with E-state index in [9.17, 15) is 38.7 Å². The van der Waals surface area contributed by atoms with Gasteiger partial charge in [0.25, 0.3) is 0 Å². The first kappa shape index (κ1) is 28.2. The van der Waals surface area contributed by atoms with E-state index < -0.39 is 90.9 Å². The van der Waals surface area contributed by atoms with Crippen molar-refractivity contribution in [2.75, 3.05) is 0 Å². The molecule has 0 radical (unpaired) electrons. The molecule has 0 spiro atoms. The summed E-state index contributed by atoms with van der Waals surface area (Å²) in [6.07, 6.45) is -3.64. The SMILES string of the molecule is CC(O)C(NC(=O)C(CC(N)=O)NC(=O)C(CC(N)=O)NC(=O)C(N)CC(N)=O)C(=O)O. The van der Waals surface area contributed by atoms with E-state index in [1.165, 1.54) is 0 Å². The zero-order valence-electron chi connectivity index (χ0n) is 17.1. The second-order valence-corrected chi connectivity index (χ2v) is 6.81. The van der Waals surface area contributed by atoms with Crippen molar-refractivity contribution in [1.82, 2.24) is 16.0 Å². The van der Waals surface area contributed by atoms with Gasteiger partial charge >= 0.3 is 5.97 Å². The molecule has 16 heteroatoms. The minimum absolute atomic E-state index is 0.570. The molecule has 0 aromatic carbocycles. The summed E-state index contributed by atoms with van der Waals surface area (Å²) in [6.45, 7) is 1.08. The lowest BCUT2D eigenvalue weighted by atomic mass is 10.1. The third-order valence-corrected chi connectivity index (χ3v) is 3.88. The maximum atomic E-state index is 12.5. The second kappa shape index (κ2) is 12.8. The fraction of sp³-hybridized carbons (Fsp3) is 0.562. The number of aliphatic hydroxyl groups excluding tert-OH is 1. The Morgan fingerprint density at radius 3 is 1.44 bits per heavy atom. The molecule has 0 aliphatic heterocycles. The van der Waals surface area contributed by atoms with Gasteiger partial charge in [-0.25, -0.2) is 4.79 Å². The Bertz CT molecular complexity index is 771. The first-order chi connectivity index (χ1) is 14.6. The van der Waals surface area contributed by atoms with Gasteiger partial charge < -0.3 is 49.1 Å². The van der Waals surface area contributed by atoms with Crippen molar-refractivity contribution in [2.45, 2.75) is 56.5 Å². The summed E-state index contributed by atoms with van der Waals surface area (Å²) < 4.78 is 0. The van der Waals surface area contributed by atoms with Crippen molar-refractivity contribution >= 4 is 41.4 Å². The number of primary amides is 3. The van der Waals surface area contributed by atoms with Crippen molar-refractivity contribution in [2.24, 2.45) is 22.9 Å². The van der Waals surface area contributed by atoms with E-state index in [1.807, 2.05) is 10.6 Å². The molecular weight excluding hydrogens is 434 g/mol. The zero-order chi connectivity index (χ0) is 25.2. The smallest absolute Gasteiger partial charge is 0.328 e. The van der Waals surface area contributed by atoms with E-state index in [0.717, 1.165) is 6.92 Å². The molecule has 16 nitrogen and oxygen atoms in total.